The lowest BCUT2D eigenvalue weighted by Crippen LogP contribution is -2.26. The van der Waals surface area contributed by atoms with Crippen molar-refractivity contribution in [1.29, 1.82) is 5.26 Å². The molecule has 18 heavy (non-hydrogen) atoms. The molecule has 0 heterocycles. The highest BCUT2D eigenvalue weighted by Gasteiger charge is 2.08. The second-order valence-corrected chi connectivity index (χ2v) is 4.48. The van der Waals surface area contributed by atoms with Crippen molar-refractivity contribution in [3.05, 3.63) is 35.4 Å². The highest BCUT2D eigenvalue weighted by molar-refractivity contribution is 5.76. The second-order valence-electron chi connectivity index (χ2n) is 4.48. The van der Waals surface area contributed by atoms with E-state index in [1.807, 2.05) is 19.1 Å². The number of benzene rings is 1. The molecule has 0 saturated heterocycles. The number of rotatable bonds is 6. The van der Waals surface area contributed by atoms with Crippen LogP contribution in [0.25, 0.3) is 0 Å². The lowest BCUT2D eigenvalue weighted by Gasteiger charge is -2.14. The normalized spacial score (nSPS) is 11.6. The maximum Gasteiger partial charge on any atom is 0.220 e. The summed E-state index contributed by atoms with van der Waals surface area (Å²) in [6, 6.07) is 9.39. The number of nitriles is 1. The molecule has 3 heteroatoms. The SMILES string of the molecule is CCCCCC(=O)NC(C)c1ccc(C#N)cc1. The van der Waals surface area contributed by atoms with Crippen LogP contribution in [0.4, 0.5) is 0 Å². The van der Waals surface area contributed by atoms with Crippen LogP contribution in [0.1, 0.15) is 56.7 Å². The number of hydrogen-bond acceptors (Lipinski definition) is 2. The summed E-state index contributed by atoms with van der Waals surface area (Å²) in [6.45, 7) is 4.08. The third-order valence-corrected chi connectivity index (χ3v) is 2.92. The zero-order valence-electron chi connectivity index (χ0n) is 11.1. The molecule has 1 aromatic carbocycles. The Hall–Kier alpha value is -1.82. The Morgan fingerprint density at radius 1 is 1.33 bits per heavy atom. The van der Waals surface area contributed by atoms with E-state index in [0.29, 0.717) is 12.0 Å². The summed E-state index contributed by atoms with van der Waals surface area (Å²) in [6.07, 6.45) is 3.76. The van der Waals surface area contributed by atoms with E-state index in [2.05, 4.69) is 18.3 Å². The predicted octanol–water partition coefficient (Wildman–Crippen LogP) is 3.32. The van der Waals surface area contributed by atoms with Gasteiger partial charge >= 0.3 is 0 Å². The van der Waals surface area contributed by atoms with Crippen molar-refractivity contribution in [2.24, 2.45) is 0 Å². The fraction of sp³-hybridized carbons (Fsp3) is 0.467. The summed E-state index contributed by atoms with van der Waals surface area (Å²) in [5.41, 5.74) is 1.66. The van der Waals surface area contributed by atoms with Crippen molar-refractivity contribution < 1.29 is 4.79 Å². The topological polar surface area (TPSA) is 52.9 Å². The molecule has 0 aromatic heterocycles. The van der Waals surface area contributed by atoms with E-state index in [9.17, 15) is 4.79 Å². The summed E-state index contributed by atoms with van der Waals surface area (Å²) in [5.74, 6) is 0.0975. The van der Waals surface area contributed by atoms with Crippen LogP contribution in [0.5, 0.6) is 0 Å². The Morgan fingerprint density at radius 3 is 2.56 bits per heavy atom. The van der Waals surface area contributed by atoms with Crippen LogP contribution in [-0.2, 0) is 4.79 Å². The molecule has 0 fully saturated rings. The summed E-state index contributed by atoms with van der Waals surface area (Å²) in [4.78, 5) is 11.7. The van der Waals surface area contributed by atoms with E-state index < -0.39 is 0 Å². The number of nitrogens with one attached hydrogen (secondary N) is 1. The van der Waals surface area contributed by atoms with Gasteiger partial charge in [0.1, 0.15) is 0 Å². The molecule has 1 N–H and O–H groups in total. The van der Waals surface area contributed by atoms with E-state index in [1.54, 1.807) is 12.1 Å². The van der Waals surface area contributed by atoms with Crippen molar-refractivity contribution in [3.63, 3.8) is 0 Å². The van der Waals surface area contributed by atoms with Crippen LogP contribution in [-0.4, -0.2) is 5.91 Å². The van der Waals surface area contributed by atoms with Gasteiger partial charge in [0.25, 0.3) is 0 Å². The lowest BCUT2D eigenvalue weighted by atomic mass is 10.1. The molecule has 0 bridgehead atoms. The van der Waals surface area contributed by atoms with Gasteiger partial charge in [0, 0.05) is 6.42 Å². The Balaban J connectivity index is 2.46. The fourth-order valence-corrected chi connectivity index (χ4v) is 1.78. The molecule has 1 aromatic rings. The van der Waals surface area contributed by atoms with Gasteiger partial charge in [-0.25, -0.2) is 0 Å². The number of carbonyl (C=O) groups is 1. The molecule has 96 valence electrons. The first-order valence-corrected chi connectivity index (χ1v) is 6.46. The van der Waals surface area contributed by atoms with Gasteiger partial charge in [0.2, 0.25) is 5.91 Å². The van der Waals surface area contributed by atoms with Gasteiger partial charge in [-0.15, -0.1) is 0 Å². The Morgan fingerprint density at radius 2 is 2.00 bits per heavy atom. The van der Waals surface area contributed by atoms with E-state index in [0.717, 1.165) is 24.8 Å². The Labute approximate surface area is 109 Å². The third kappa shape index (κ3) is 4.58. The molecule has 1 atom stereocenters. The maximum absolute atomic E-state index is 11.7. The lowest BCUT2D eigenvalue weighted by molar-refractivity contribution is -0.121. The number of hydrogen-bond donors (Lipinski definition) is 1. The minimum Gasteiger partial charge on any atom is -0.350 e. The van der Waals surface area contributed by atoms with Crippen LogP contribution in [0.2, 0.25) is 0 Å². The average Bonchev–Trinajstić information content (AvgIpc) is 2.39. The first-order chi connectivity index (χ1) is 8.67. The second kappa shape index (κ2) is 7.50. The van der Waals surface area contributed by atoms with Crippen molar-refractivity contribution in [2.75, 3.05) is 0 Å². The zero-order chi connectivity index (χ0) is 13.4. The summed E-state index contributed by atoms with van der Waals surface area (Å²) < 4.78 is 0. The highest BCUT2D eigenvalue weighted by Crippen LogP contribution is 2.13. The van der Waals surface area contributed by atoms with Crippen LogP contribution < -0.4 is 5.32 Å². The number of carbonyl (C=O) groups excluding carboxylic acids is 1. The van der Waals surface area contributed by atoms with E-state index in [4.69, 9.17) is 5.26 Å². The Kier molecular flexibility index (Phi) is 5.93. The van der Waals surface area contributed by atoms with Crippen LogP contribution in [0.15, 0.2) is 24.3 Å². The van der Waals surface area contributed by atoms with Crippen molar-refractivity contribution in [3.8, 4) is 6.07 Å². The van der Waals surface area contributed by atoms with Crippen LogP contribution >= 0.6 is 0 Å². The molecule has 1 unspecified atom stereocenters. The highest BCUT2D eigenvalue weighted by atomic mass is 16.1. The number of unbranched alkanes of at least 4 members (excludes halogenated alkanes) is 2. The molecule has 0 saturated carbocycles. The van der Waals surface area contributed by atoms with Gasteiger partial charge in [0.05, 0.1) is 17.7 Å². The monoisotopic (exact) mass is 244 g/mol. The van der Waals surface area contributed by atoms with Gasteiger partial charge in [0.15, 0.2) is 0 Å². The molecule has 0 aliphatic heterocycles. The standard InChI is InChI=1S/C15H20N2O/c1-3-4-5-6-15(18)17-12(2)14-9-7-13(11-16)8-10-14/h7-10,12H,3-6H2,1-2H3,(H,17,18). The van der Waals surface area contributed by atoms with Gasteiger partial charge in [-0.05, 0) is 31.0 Å². The molecule has 0 aliphatic rings. The smallest absolute Gasteiger partial charge is 0.220 e. The molecular formula is C15H20N2O. The quantitative estimate of drug-likeness (QED) is 0.780. The van der Waals surface area contributed by atoms with E-state index in [-0.39, 0.29) is 11.9 Å². The number of nitrogens with zero attached hydrogens (tertiary/aromatic N) is 1. The zero-order valence-corrected chi connectivity index (χ0v) is 11.1. The van der Waals surface area contributed by atoms with E-state index in [1.165, 1.54) is 0 Å². The van der Waals surface area contributed by atoms with Crippen LogP contribution in [0, 0.1) is 11.3 Å². The molecule has 0 radical (unpaired) electrons. The molecule has 1 amide bonds. The molecule has 1 rings (SSSR count). The van der Waals surface area contributed by atoms with Gasteiger partial charge < -0.3 is 5.32 Å². The summed E-state index contributed by atoms with van der Waals surface area (Å²) in [5, 5.41) is 11.7. The van der Waals surface area contributed by atoms with Crippen LogP contribution in [0.3, 0.4) is 0 Å². The fourth-order valence-electron chi connectivity index (χ4n) is 1.78. The molecule has 0 aliphatic carbocycles. The molecule has 3 nitrogen and oxygen atoms in total. The van der Waals surface area contributed by atoms with Gasteiger partial charge in [-0.1, -0.05) is 31.9 Å². The minimum atomic E-state index is -0.00753. The maximum atomic E-state index is 11.7. The summed E-state index contributed by atoms with van der Waals surface area (Å²) >= 11 is 0. The van der Waals surface area contributed by atoms with Crippen molar-refractivity contribution >= 4 is 5.91 Å². The minimum absolute atomic E-state index is 0.00753. The Bertz CT molecular complexity index is 417. The molecule has 0 spiro atoms. The first kappa shape index (κ1) is 14.2. The van der Waals surface area contributed by atoms with Gasteiger partial charge in [-0.3, -0.25) is 4.79 Å². The van der Waals surface area contributed by atoms with Crippen molar-refractivity contribution in [2.45, 2.75) is 45.6 Å². The van der Waals surface area contributed by atoms with Crippen molar-refractivity contribution in [1.82, 2.24) is 5.32 Å². The molecular weight excluding hydrogens is 224 g/mol. The number of amides is 1. The van der Waals surface area contributed by atoms with Gasteiger partial charge in [-0.2, -0.15) is 5.26 Å². The third-order valence-electron chi connectivity index (χ3n) is 2.92. The van der Waals surface area contributed by atoms with E-state index >= 15 is 0 Å². The predicted molar refractivity (Wildman–Crippen MR) is 71.9 cm³/mol. The average molecular weight is 244 g/mol. The first-order valence-electron chi connectivity index (χ1n) is 6.46. The summed E-state index contributed by atoms with van der Waals surface area (Å²) in [7, 11) is 0. The largest absolute Gasteiger partial charge is 0.350 e.